The normalized spacial score (nSPS) is 10.4. The first-order valence-electron chi connectivity index (χ1n) is 14.1. The second-order valence-corrected chi connectivity index (χ2v) is 7.65. The van der Waals surface area contributed by atoms with Gasteiger partial charge in [0.05, 0.1) is 6.61 Å². The van der Waals surface area contributed by atoms with Crippen LogP contribution in [0.15, 0.2) is 103 Å². The smallest absolute Gasteiger partial charge is 0.273 e. The summed E-state index contributed by atoms with van der Waals surface area (Å²) < 4.78 is 5.85. The summed E-state index contributed by atoms with van der Waals surface area (Å²) in [7, 11) is 3.46. The van der Waals surface area contributed by atoms with Gasteiger partial charge in [0.1, 0.15) is 17.3 Å². The van der Waals surface area contributed by atoms with Crippen LogP contribution >= 0.6 is 12.6 Å². The fraction of sp³-hybridized carbons (Fsp3) is 0.382. The average Bonchev–Trinajstić information content (AvgIpc) is 3.05. The summed E-state index contributed by atoms with van der Waals surface area (Å²) in [6.45, 7) is 19.5. The van der Waals surface area contributed by atoms with Gasteiger partial charge in [0.25, 0.3) is 5.91 Å². The zero-order chi connectivity index (χ0) is 32.1. The third kappa shape index (κ3) is 18.4. The van der Waals surface area contributed by atoms with Crippen molar-refractivity contribution in [1.82, 2.24) is 15.5 Å². The summed E-state index contributed by atoms with van der Waals surface area (Å²) in [5.41, 5.74) is 9.75. The number of nitrogens with two attached hydrogens (primary N) is 1. The predicted molar refractivity (Wildman–Crippen MR) is 184 cm³/mol. The van der Waals surface area contributed by atoms with Crippen molar-refractivity contribution in [3.63, 3.8) is 0 Å². The van der Waals surface area contributed by atoms with E-state index in [0.29, 0.717) is 31.2 Å². The van der Waals surface area contributed by atoms with Gasteiger partial charge in [-0.2, -0.15) is 12.6 Å². The van der Waals surface area contributed by atoms with E-state index >= 15 is 0 Å². The molecule has 0 aliphatic carbocycles. The van der Waals surface area contributed by atoms with Crippen LogP contribution in [0.3, 0.4) is 0 Å². The van der Waals surface area contributed by atoms with Crippen LogP contribution in [0, 0.1) is 0 Å². The number of likely N-dealkylation sites (N-methyl/N-ethyl adjacent to an activating group) is 1. The number of benzene rings is 2. The number of nitrogens with one attached hydrogen (secondary N) is 2. The highest BCUT2D eigenvalue weighted by atomic mass is 32.1. The Labute approximate surface area is 256 Å². The minimum absolute atomic E-state index is 0.174. The fourth-order valence-corrected chi connectivity index (χ4v) is 3.23. The van der Waals surface area contributed by atoms with Gasteiger partial charge in [-0.3, -0.25) is 4.79 Å². The molecule has 1 amide bonds. The molecule has 7 heteroatoms. The van der Waals surface area contributed by atoms with Crippen molar-refractivity contribution in [1.29, 1.82) is 0 Å². The van der Waals surface area contributed by atoms with E-state index in [1.807, 2.05) is 102 Å². The monoisotopic (exact) mass is 584 g/mol. The molecule has 0 aromatic heterocycles. The standard InChI is InChI=1S/C27H36N4O2.2C2H6.C2H4.CH4S/c1-5-10-21(6-2)20-31(4)27(32)25(26(28)29-3)30-19-23-13-15-24(16-14-23)33-18-17-22-11-8-7-9-12-22;4*1-2/h5-16,29-30H,17-20,28H2,1-4H3;2*1-2H3;1-2H2;2H,1H3/b10-5-,21-6+,26-25+;;;;. The van der Waals surface area contributed by atoms with Crippen LogP contribution in [0.2, 0.25) is 0 Å². The zero-order valence-electron chi connectivity index (χ0n) is 27.0. The number of amides is 1. The molecule has 6 nitrogen and oxygen atoms in total. The van der Waals surface area contributed by atoms with Crippen LogP contribution in [0.4, 0.5) is 0 Å². The Morgan fingerprint density at radius 1 is 0.976 bits per heavy atom. The third-order valence-electron chi connectivity index (χ3n) is 5.17. The molecule has 0 fully saturated rings. The Balaban J connectivity index is -0.00000165. The van der Waals surface area contributed by atoms with Gasteiger partial charge in [-0.05, 0) is 48.9 Å². The van der Waals surface area contributed by atoms with E-state index in [4.69, 9.17) is 10.5 Å². The van der Waals surface area contributed by atoms with Gasteiger partial charge in [0, 0.05) is 33.6 Å². The number of allylic oxidation sites excluding steroid dienone is 2. The Hall–Kier alpha value is -3.58. The molecule has 0 aliphatic heterocycles. The molecule has 0 radical (unpaired) electrons. The average molecular weight is 585 g/mol. The molecule has 0 unspecified atom stereocenters. The molecule has 0 atom stereocenters. The third-order valence-corrected chi connectivity index (χ3v) is 5.17. The molecule has 0 saturated carbocycles. The summed E-state index contributed by atoms with van der Waals surface area (Å²) in [5, 5.41) is 6.07. The van der Waals surface area contributed by atoms with Gasteiger partial charge in [0.2, 0.25) is 0 Å². The highest BCUT2D eigenvalue weighted by Crippen LogP contribution is 2.14. The number of ether oxygens (including phenoxy) is 1. The summed E-state index contributed by atoms with van der Waals surface area (Å²) in [5.74, 6) is 0.950. The molecule has 230 valence electrons. The molecule has 0 saturated heterocycles. The van der Waals surface area contributed by atoms with Gasteiger partial charge in [-0.15, -0.1) is 13.2 Å². The Morgan fingerprint density at radius 2 is 1.54 bits per heavy atom. The number of thiol groups is 1. The fourth-order valence-electron chi connectivity index (χ4n) is 3.23. The minimum Gasteiger partial charge on any atom is -0.493 e. The lowest BCUT2D eigenvalue weighted by molar-refractivity contribution is -0.126. The lowest BCUT2D eigenvalue weighted by Gasteiger charge is -2.22. The number of carbonyl (C=O) groups excluding carboxylic acids is 1. The maximum atomic E-state index is 13.0. The molecule has 2 aromatic carbocycles. The number of hydrogen-bond donors (Lipinski definition) is 4. The lowest BCUT2D eigenvalue weighted by atomic mass is 10.2. The van der Waals surface area contributed by atoms with E-state index in [2.05, 4.69) is 48.6 Å². The quantitative estimate of drug-likeness (QED) is 0.0924. The first-order valence-corrected chi connectivity index (χ1v) is 15.0. The van der Waals surface area contributed by atoms with Crippen molar-refractivity contribution in [2.75, 3.05) is 33.5 Å². The number of carbonyl (C=O) groups is 1. The summed E-state index contributed by atoms with van der Waals surface area (Å²) >= 11 is 3.53. The van der Waals surface area contributed by atoms with Gasteiger partial charge >= 0.3 is 0 Å². The first-order chi connectivity index (χ1) is 20.0. The molecule has 2 rings (SSSR count). The number of rotatable bonds is 12. The van der Waals surface area contributed by atoms with E-state index in [-0.39, 0.29) is 5.91 Å². The first kappa shape index (κ1) is 41.9. The zero-order valence-corrected chi connectivity index (χ0v) is 27.9. The van der Waals surface area contributed by atoms with Crippen LogP contribution < -0.4 is 21.1 Å². The van der Waals surface area contributed by atoms with Crippen molar-refractivity contribution in [2.45, 2.75) is 54.5 Å². The van der Waals surface area contributed by atoms with Crippen LogP contribution in [0.1, 0.15) is 52.7 Å². The molecular formula is C34H56N4O2S. The molecule has 0 spiro atoms. The number of nitrogens with zero attached hydrogens (tertiary/aromatic N) is 1. The van der Waals surface area contributed by atoms with Crippen molar-refractivity contribution in [3.05, 3.63) is 114 Å². The molecule has 4 N–H and O–H groups in total. The highest BCUT2D eigenvalue weighted by molar-refractivity contribution is 7.79. The molecule has 0 aliphatic rings. The van der Waals surface area contributed by atoms with Gasteiger partial charge in [-0.1, -0.05) is 88.4 Å². The minimum atomic E-state index is -0.174. The van der Waals surface area contributed by atoms with Crippen molar-refractivity contribution < 1.29 is 9.53 Å². The highest BCUT2D eigenvalue weighted by Gasteiger charge is 2.18. The maximum Gasteiger partial charge on any atom is 0.273 e. The molecule has 0 heterocycles. The SMILES string of the molecule is C/C=C\C(=C/C)CN(C)C(=O)/C(NCc1ccc(OCCc2ccccc2)cc1)=C(/N)NC.C=C.CC.CC.CS. The Bertz CT molecular complexity index is 988. The van der Waals surface area contributed by atoms with Gasteiger partial charge in [-0.25, -0.2) is 0 Å². The van der Waals surface area contributed by atoms with Gasteiger partial charge in [0.15, 0.2) is 0 Å². The topological polar surface area (TPSA) is 79.6 Å². The predicted octanol–water partition coefficient (Wildman–Crippen LogP) is 7.13. The van der Waals surface area contributed by atoms with Crippen LogP contribution in [0.5, 0.6) is 5.75 Å². The van der Waals surface area contributed by atoms with Crippen LogP contribution in [-0.2, 0) is 17.8 Å². The van der Waals surface area contributed by atoms with E-state index in [1.165, 1.54) is 5.56 Å². The molecular weight excluding hydrogens is 528 g/mol. The lowest BCUT2D eigenvalue weighted by Crippen LogP contribution is -2.38. The largest absolute Gasteiger partial charge is 0.493 e. The Morgan fingerprint density at radius 3 is 2.02 bits per heavy atom. The van der Waals surface area contributed by atoms with E-state index in [9.17, 15) is 4.79 Å². The summed E-state index contributed by atoms with van der Waals surface area (Å²) in [6, 6.07) is 18.1. The van der Waals surface area contributed by atoms with Crippen molar-refractivity contribution in [3.8, 4) is 5.75 Å². The van der Waals surface area contributed by atoms with E-state index in [0.717, 1.165) is 23.3 Å². The van der Waals surface area contributed by atoms with E-state index < -0.39 is 0 Å². The molecule has 41 heavy (non-hydrogen) atoms. The second-order valence-electron chi connectivity index (χ2n) is 7.65. The van der Waals surface area contributed by atoms with Gasteiger partial charge < -0.3 is 26.0 Å². The van der Waals surface area contributed by atoms with E-state index in [1.54, 1.807) is 25.3 Å². The summed E-state index contributed by atoms with van der Waals surface area (Å²) in [4.78, 5) is 14.7. The van der Waals surface area contributed by atoms with Crippen LogP contribution in [0.25, 0.3) is 0 Å². The molecule has 2 aromatic rings. The van der Waals surface area contributed by atoms with Crippen molar-refractivity contribution >= 4 is 18.5 Å². The summed E-state index contributed by atoms with van der Waals surface area (Å²) in [6.07, 6.45) is 8.50. The van der Waals surface area contributed by atoms with Crippen LogP contribution in [-0.4, -0.2) is 44.3 Å². The Kier molecular flexibility index (Phi) is 30.0. The second kappa shape index (κ2) is 29.4. The maximum absolute atomic E-state index is 13.0. The molecule has 0 bridgehead atoms. The number of hydrogen-bond acceptors (Lipinski definition) is 6. The van der Waals surface area contributed by atoms with Crippen molar-refractivity contribution in [2.24, 2.45) is 5.73 Å².